The number of hydrogen-bond acceptors (Lipinski definition) is 5. The Hall–Kier alpha value is -2.83. The van der Waals surface area contributed by atoms with E-state index in [0.29, 0.717) is 17.9 Å². The number of aryl methyl sites for hydroxylation is 2. The van der Waals surface area contributed by atoms with Crippen LogP contribution in [0.4, 0.5) is 5.69 Å². The Kier molecular flexibility index (Phi) is 5.00. The van der Waals surface area contributed by atoms with Crippen LogP contribution in [0.5, 0.6) is 5.75 Å². The number of carbonyl (C=O) groups excluding carboxylic acids is 1. The minimum absolute atomic E-state index is 0.0428. The standard InChI is InChI=1S/C16H18N2O5/c1-9-12(10(2)23-18-9)6-7-15(19)17-11-4-5-13(16(20)21)14(8-11)22-3/h4-5,8H,6-7H2,1-3H3,(H,17,19)(H,20,21). The molecular formula is C16H18N2O5. The number of carboxylic acid groups (broad SMARTS) is 1. The largest absolute Gasteiger partial charge is 0.496 e. The van der Waals surface area contributed by atoms with Crippen LogP contribution in [0.25, 0.3) is 0 Å². The van der Waals surface area contributed by atoms with Gasteiger partial charge in [-0.1, -0.05) is 5.16 Å². The molecule has 0 aliphatic heterocycles. The van der Waals surface area contributed by atoms with Crippen LogP contribution in [0.1, 0.15) is 33.8 Å². The Balaban J connectivity index is 2.01. The highest BCUT2D eigenvalue weighted by Crippen LogP contribution is 2.23. The van der Waals surface area contributed by atoms with Crippen molar-refractivity contribution in [1.29, 1.82) is 0 Å². The molecule has 23 heavy (non-hydrogen) atoms. The molecule has 0 aliphatic rings. The van der Waals surface area contributed by atoms with E-state index in [2.05, 4.69) is 10.5 Å². The van der Waals surface area contributed by atoms with E-state index in [1.165, 1.54) is 25.3 Å². The average molecular weight is 318 g/mol. The molecule has 0 radical (unpaired) electrons. The lowest BCUT2D eigenvalue weighted by Crippen LogP contribution is -2.13. The number of ether oxygens (including phenoxy) is 1. The molecule has 1 heterocycles. The van der Waals surface area contributed by atoms with Crippen LogP contribution in [-0.2, 0) is 11.2 Å². The van der Waals surface area contributed by atoms with Crippen molar-refractivity contribution in [3.05, 3.63) is 40.8 Å². The van der Waals surface area contributed by atoms with Crippen LogP contribution in [0.2, 0.25) is 0 Å². The van der Waals surface area contributed by atoms with Gasteiger partial charge in [0.05, 0.1) is 12.8 Å². The first-order valence-electron chi connectivity index (χ1n) is 7.05. The summed E-state index contributed by atoms with van der Waals surface area (Å²) >= 11 is 0. The maximum absolute atomic E-state index is 12.0. The number of rotatable bonds is 6. The van der Waals surface area contributed by atoms with Crippen molar-refractivity contribution in [2.75, 3.05) is 12.4 Å². The van der Waals surface area contributed by atoms with Crippen LogP contribution in [0, 0.1) is 13.8 Å². The molecule has 0 fully saturated rings. The summed E-state index contributed by atoms with van der Waals surface area (Å²) in [5.41, 5.74) is 2.23. The SMILES string of the molecule is COc1cc(NC(=O)CCc2c(C)noc2C)ccc1C(=O)O. The first-order chi connectivity index (χ1) is 10.9. The Morgan fingerprint density at radius 1 is 1.35 bits per heavy atom. The Morgan fingerprint density at radius 3 is 2.65 bits per heavy atom. The van der Waals surface area contributed by atoms with Crippen LogP contribution in [0.3, 0.4) is 0 Å². The number of anilines is 1. The molecule has 122 valence electrons. The molecule has 0 spiro atoms. The van der Waals surface area contributed by atoms with E-state index in [4.69, 9.17) is 14.4 Å². The summed E-state index contributed by atoms with van der Waals surface area (Å²) in [5, 5.41) is 15.6. The molecule has 1 aromatic heterocycles. The summed E-state index contributed by atoms with van der Waals surface area (Å²) in [6, 6.07) is 4.40. The monoisotopic (exact) mass is 318 g/mol. The molecule has 0 saturated heterocycles. The Bertz CT molecular complexity index is 717. The van der Waals surface area contributed by atoms with Crippen LogP contribution in [0.15, 0.2) is 22.7 Å². The number of carboxylic acids is 1. The molecule has 1 amide bonds. The van der Waals surface area contributed by atoms with Crippen molar-refractivity contribution in [3.63, 3.8) is 0 Å². The molecule has 2 rings (SSSR count). The van der Waals surface area contributed by atoms with Gasteiger partial charge in [-0.15, -0.1) is 0 Å². The maximum atomic E-state index is 12.0. The van der Waals surface area contributed by atoms with Crippen molar-refractivity contribution in [2.45, 2.75) is 26.7 Å². The summed E-state index contributed by atoms with van der Waals surface area (Å²) in [7, 11) is 1.38. The zero-order chi connectivity index (χ0) is 17.0. The number of amides is 1. The molecule has 0 saturated carbocycles. The van der Waals surface area contributed by atoms with Crippen LogP contribution >= 0.6 is 0 Å². The first-order valence-corrected chi connectivity index (χ1v) is 7.05. The molecule has 2 aromatic rings. The van der Waals surface area contributed by atoms with Gasteiger partial charge in [-0.25, -0.2) is 4.79 Å². The fourth-order valence-electron chi connectivity index (χ4n) is 2.27. The second kappa shape index (κ2) is 6.95. The van der Waals surface area contributed by atoms with Gasteiger partial charge in [-0.2, -0.15) is 0 Å². The van der Waals surface area contributed by atoms with Gasteiger partial charge in [0.15, 0.2) is 0 Å². The van der Waals surface area contributed by atoms with E-state index in [0.717, 1.165) is 11.3 Å². The molecule has 1 aromatic carbocycles. The van der Waals surface area contributed by atoms with E-state index in [1.54, 1.807) is 0 Å². The van der Waals surface area contributed by atoms with Crippen LogP contribution in [-0.4, -0.2) is 29.2 Å². The van der Waals surface area contributed by atoms with Crippen molar-refractivity contribution in [2.24, 2.45) is 0 Å². The highest BCUT2D eigenvalue weighted by molar-refractivity contribution is 5.94. The molecule has 0 bridgehead atoms. The van der Waals surface area contributed by atoms with Gasteiger partial charge in [-0.3, -0.25) is 4.79 Å². The normalized spacial score (nSPS) is 10.4. The highest BCUT2D eigenvalue weighted by atomic mass is 16.5. The minimum atomic E-state index is -1.09. The summed E-state index contributed by atoms with van der Waals surface area (Å²) in [5.74, 6) is -0.364. The zero-order valence-electron chi connectivity index (χ0n) is 13.2. The maximum Gasteiger partial charge on any atom is 0.339 e. The molecule has 7 nitrogen and oxygen atoms in total. The van der Waals surface area contributed by atoms with E-state index in [9.17, 15) is 9.59 Å². The van der Waals surface area contributed by atoms with Gasteiger partial charge in [-0.05, 0) is 32.4 Å². The predicted octanol–water partition coefficient (Wildman–Crippen LogP) is 2.57. The molecule has 2 N–H and O–H groups in total. The van der Waals surface area contributed by atoms with Gasteiger partial charge < -0.3 is 19.7 Å². The van der Waals surface area contributed by atoms with Crippen LogP contribution < -0.4 is 10.1 Å². The quantitative estimate of drug-likeness (QED) is 0.848. The lowest BCUT2D eigenvalue weighted by atomic mass is 10.1. The van der Waals surface area contributed by atoms with E-state index >= 15 is 0 Å². The number of hydrogen-bond donors (Lipinski definition) is 2. The molecule has 0 atom stereocenters. The average Bonchev–Trinajstić information content (AvgIpc) is 2.83. The number of benzene rings is 1. The first kappa shape index (κ1) is 16.5. The third-order valence-electron chi connectivity index (χ3n) is 3.50. The highest BCUT2D eigenvalue weighted by Gasteiger charge is 2.14. The predicted molar refractivity (Wildman–Crippen MR) is 82.9 cm³/mol. The zero-order valence-corrected chi connectivity index (χ0v) is 13.2. The summed E-state index contributed by atoms with van der Waals surface area (Å²) in [6.07, 6.45) is 0.795. The number of carbonyl (C=O) groups is 2. The lowest BCUT2D eigenvalue weighted by molar-refractivity contribution is -0.116. The van der Waals surface area contributed by atoms with E-state index in [1.807, 2.05) is 13.8 Å². The fourth-order valence-corrected chi connectivity index (χ4v) is 2.27. The van der Waals surface area contributed by atoms with Gasteiger partial charge in [0.25, 0.3) is 0 Å². The third kappa shape index (κ3) is 3.88. The minimum Gasteiger partial charge on any atom is -0.496 e. The lowest BCUT2D eigenvalue weighted by Gasteiger charge is -2.09. The smallest absolute Gasteiger partial charge is 0.339 e. The van der Waals surface area contributed by atoms with E-state index in [-0.39, 0.29) is 23.6 Å². The Labute approximate surface area is 133 Å². The fraction of sp³-hybridized carbons (Fsp3) is 0.312. The second-order valence-corrected chi connectivity index (χ2v) is 5.07. The molecule has 7 heteroatoms. The second-order valence-electron chi connectivity index (χ2n) is 5.07. The topological polar surface area (TPSA) is 102 Å². The van der Waals surface area contributed by atoms with E-state index < -0.39 is 5.97 Å². The number of methoxy groups -OCH3 is 1. The number of aromatic nitrogens is 1. The number of aromatic carboxylic acids is 1. The van der Waals surface area contributed by atoms with Crippen molar-refractivity contribution in [1.82, 2.24) is 5.16 Å². The third-order valence-corrected chi connectivity index (χ3v) is 3.50. The van der Waals surface area contributed by atoms with Gasteiger partial charge in [0, 0.05) is 23.7 Å². The summed E-state index contributed by atoms with van der Waals surface area (Å²) in [4.78, 5) is 23.1. The molecule has 0 unspecified atom stereocenters. The number of nitrogens with zero attached hydrogens (tertiary/aromatic N) is 1. The van der Waals surface area contributed by atoms with Crippen molar-refractivity contribution in [3.8, 4) is 5.75 Å². The van der Waals surface area contributed by atoms with Gasteiger partial charge >= 0.3 is 5.97 Å². The van der Waals surface area contributed by atoms with Crippen molar-refractivity contribution >= 4 is 17.6 Å². The van der Waals surface area contributed by atoms with Gasteiger partial charge in [0.2, 0.25) is 5.91 Å². The Morgan fingerprint density at radius 2 is 2.09 bits per heavy atom. The molecule has 0 aliphatic carbocycles. The summed E-state index contributed by atoms with van der Waals surface area (Å²) < 4.78 is 10.1. The number of nitrogens with one attached hydrogen (secondary N) is 1. The molecular weight excluding hydrogens is 300 g/mol. The van der Waals surface area contributed by atoms with Gasteiger partial charge in [0.1, 0.15) is 17.1 Å². The summed E-state index contributed by atoms with van der Waals surface area (Å²) in [6.45, 7) is 3.64. The van der Waals surface area contributed by atoms with Crippen molar-refractivity contribution < 1.29 is 24.0 Å².